The topological polar surface area (TPSA) is 51.4 Å². The van der Waals surface area contributed by atoms with Crippen LogP contribution >= 0.6 is 0 Å². The second-order valence-corrected chi connectivity index (χ2v) is 7.81. The van der Waals surface area contributed by atoms with Crippen molar-refractivity contribution >= 4 is 34.9 Å². The van der Waals surface area contributed by atoms with Crippen molar-refractivity contribution < 1.29 is 0 Å². The molecule has 3 aromatic rings. The zero-order valence-corrected chi connectivity index (χ0v) is 17.7. The van der Waals surface area contributed by atoms with Crippen molar-refractivity contribution in [1.29, 1.82) is 0 Å². The van der Waals surface area contributed by atoms with E-state index in [1.54, 1.807) is 6.20 Å². The summed E-state index contributed by atoms with van der Waals surface area (Å²) in [5.74, 6) is 0. The van der Waals surface area contributed by atoms with E-state index in [-0.39, 0.29) is 5.56 Å². The first-order chi connectivity index (χ1) is 13.8. The normalized spacial score (nSPS) is 12.0. The van der Waals surface area contributed by atoms with Gasteiger partial charge in [-0.3, -0.25) is 4.79 Å². The van der Waals surface area contributed by atoms with Crippen molar-refractivity contribution in [3.05, 3.63) is 68.9 Å². The maximum atomic E-state index is 12.5. The molecule has 0 fully saturated rings. The van der Waals surface area contributed by atoms with Gasteiger partial charge in [0.1, 0.15) is 0 Å². The Kier molecular flexibility index (Phi) is 6.39. The Morgan fingerprint density at radius 1 is 1.03 bits per heavy atom. The first-order valence-corrected chi connectivity index (χ1v) is 9.89. The Balaban J connectivity index is 1.81. The van der Waals surface area contributed by atoms with E-state index in [0.29, 0.717) is 10.6 Å². The van der Waals surface area contributed by atoms with E-state index in [2.05, 4.69) is 60.0 Å². The van der Waals surface area contributed by atoms with Gasteiger partial charge in [0, 0.05) is 41.9 Å². The first-order valence-electron chi connectivity index (χ1n) is 9.89. The molecule has 2 aromatic carbocycles. The number of aromatic nitrogens is 1. The summed E-state index contributed by atoms with van der Waals surface area (Å²) in [6.07, 6.45) is 2.89. The van der Waals surface area contributed by atoms with Gasteiger partial charge in [-0.25, -0.2) is 0 Å². The third-order valence-corrected chi connectivity index (χ3v) is 5.09. The standard InChI is InChI=1S/C24H30N4O/c1-17-7-12-21-18(2)26-24(29)23(22(21)15-17)16-25-19-8-10-20(11-9-19)28(5)14-6-13-27(3)4/h7-12,15-16,25H,2,6,13-14H2,1,3-5H3,(H,26,29)/b23-16-. The fourth-order valence-corrected chi connectivity index (χ4v) is 3.40. The highest BCUT2D eigenvalue weighted by atomic mass is 16.1. The van der Waals surface area contributed by atoms with E-state index in [1.807, 2.05) is 37.3 Å². The van der Waals surface area contributed by atoms with Crippen LogP contribution in [0.5, 0.6) is 0 Å². The van der Waals surface area contributed by atoms with Crippen LogP contribution in [0.1, 0.15) is 12.0 Å². The molecule has 0 aliphatic rings. The Morgan fingerprint density at radius 3 is 2.45 bits per heavy atom. The number of aromatic amines is 1. The molecule has 0 unspecified atom stereocenters. The number of pyridine rings is 1. The molecule has 0 radical (unpaired) electrons. The molecule has 0 atom stereocenters. The number of hydrogen-bond donors (Lipinski definition) is 2. The average Bonchev–Trinajstić information content (AvgIpc) is 2.67. The molecule has 0 saturated heterocycles. The molecule has 2 N–H and O–H groups in total. The van der Waals surface area contributed by atoms with Crippen molar-refractivity contribution in [2.45, 2.75) is 13.3 Å². The minimum absolute atomic E-state index is 0.141. The third-order valence-electron chi connectivity index (χ3n) is 5.09. The number of fused-ring (bicyclic) bond motifs is 1. The fourth-order valence-electron chi connectivity index (χ4n) is 3.40. The number of aryl methyl sites for hydroxylation is 1. The number of rotatable bonds is 7. The summed E-state index contributed by atoms with van der Waals surface area (Å²) in [5.41, 5.74) is 3.08. The molecule has 0 amide bonds. The van der Waals surface area contributed by atoms with E-state index in [0.717, 1.165) is 41.5 Å². The number of benzene rings is 2. The molecule has 0 spiro atoms. The maximum Gasteiger partial charge on any atom is 0.257 e. The van der Waals surface area contributed by atoms with Gasteiger partial charge in [-0.2, -0.15) is 0 Å². The zero-order chi connectivity index (χ0) is 21.0. The van der Waals surface area contributed by atoms with Crippen LogP contribution in [0, 0.1) is 6.92 Å². The Morgan fingerprint density at radius 2 is 1.76 bits per heavy atom. The summed E-state index contributed by atoms with van der Waals surface area (Å²) >= 11 is 0. The maximum absolute atomic E-state index is 12.5. The molecule has 0 aliphatic carbocycles. The van der Waals surface area contributed by atoms with E-state index in [9.17, 15) is 4.79 Å². The highest BCUT2D eigenvalue weighted by molar-refractivity contribution is 5.84. The third kappa shape index (κ3) is 5.06. The number of nitrogens with one attached hydrogen (secondary N) is 2. The second kappa shape index (κ2) is 8.97. The van der Waals surface area contributed by atoms with Gasteiger partial charge in [0.05, 0.1) is 5.22 Å². The number of nitrogens with zero attached hydrogens (tertiary/aromatic N) is 2. The molecule has 29 heavy (non-hydrogen) atoms. The Bertz CT molecular complexity index is 1150. The molecule has 5 nitrogen and oxygen atoms in total. The van der Waals surface area contributed by atoms with Crippen molar-refractivity contribution in [3.8, 4) is 0 Å². The van der Waals surface area contributed by atoms with Crippen LogP contribution in [-0.4, -0.2) is 44.1 Å². The summed E-state index contributed by atoms with van der Waals surface area (Å²) in [6.45, 7) is 8.07. The zero-order valence-electron chi connectivity index (χ0n) is 17.7. The lowest BCUT2D eigenvalue weighted by atomic mass is 10.1. The lowest BCUT2D eigenvalue weighted by molar-refractivity contribution is 0.401. The lowest BCUT2D eigenvalue weighted by Crippen LogP contribution is -2.34. The summed E-state index contributed by atoms with van der Waals surface area (Å²) < 4.78 is 0. The molecular formula is C24H30N4O. The first kappa shape index (κ1) is 20.7. The molecular weight excluding hydrogens is 360 g/mol. The predicted molar refractivity (Wildman–Crippen MR) is 125 cm³/mol. The molecule has 3 rings (SSSR count). The van der Waals surface area contributed by atoms with Crippen LogP contribution in [0.15, 0.2) is 47.3 Å². The monoisotopic (exact) mass is 390 g/mol. The minimum Gasteiger partial charge on any atom is -0.375 e. The van der Waals surface area contributed by atoms with Gasteiger partial charge in [0.2, 0.25) is 0 Å². The largest absolute Gasteiger partial charge is 0.375 e. The molecule has 1 heterocycles. The van der Waals surface area contributed by atoms with E-state index in [1.165, 1.54) is 5.69 Å². The average molecular weight is 391 g/mol. The van der Waals surface area contributed by atoms with Crippen LogP contribution in [-0.2, 0) is 0 Å². The van der Waals surface area contributed by atoms with Crippen molar-refractivity contribution in [2.24, 2.45) is 0 Å². The van der Waals surface area contributed by atoms with Crippen molar-refractivity contribution in [1.82, 2.24) is 9.88 Å². The lowest BCUT2D eigenvalue weighted by Gasteiger charge is -2.20. The van der Waals surface area contributed by atoms with Gasteiger partial charge in [-0.15, -0.1) is 0 Å². The molecule has 152 valence electrons. The molecule has 0 saturated carbocycles. The van der Waals surface area contributed by atoms with Gasteiger partial charge in [-0.1, -0.05) is 30.3 Å². The minimum atomic E-state index is -0.141. The van der Waals surface area contributed by atoms with E-state index >= 15 is 0 Å². The van der Waals surface area contributed by atoms with E-state index in [4.69, 9.17) is 0 Å². The van der Waals surface area contributed by atoms with Crippen LogP contribution in [0.4, 0.5) is 11.4 Å². The molecule has 1 aromatic heterocycles. The van der Waals surface area contributed by atoms with Crippen LogP contribution in [0.3, 0.4) is 0 Å². The smallest absolute Gasteiger partial charge is 0.257 e. The van der Waals surface area contributed by atoms with Gasteiger partial charge >= 0.3 is 0 Å². The molecule has 0 aliphatic heterocycles. The van der Waals surface area contributed by atoms with Gasteiger partial charge in [0.15, 0.2) is 0 Å². The summed E-state index contributed by atoms with van der Waals surface area (Å²) in [5, 5.41) is 6.38. The van der Waals surface area contributed by atoms with Gasteiger partial charge < -0.3 is 20.1 Å². The quantitative estimate of drug-likeness (QED) is 0.651. The summed E-state index contributed by atoms with van der Waals surface area (Å²) in [7, 11) is 6.30. The SMILES string of the molecule is C=c1[nH]c(=O)/c(=C\Nc2ccc(N(C)CCCN(C)C)cc2)c2cc(C)ccc12. The number of H-pyrrole nitrogens is 1. The fraction of sp³-hybridized carbons (Fsp3) is 0.292. The Hall–Kier alpha value is -3.05. The van der Waals surface area contributed by atoms with Gasteiger partial charge in [0.25, 0.3) is 5.56 Å². The van der Waals surface area contributed by atoms with Crippen LogP contribution in [0.2, 0.25) is 0 Å². The number of hydrogen-bond acceptors (Lipinski definition) is 4. The van der Waals surface area contributed by atoms with Crippen LogP contribution < -0.4 is 26.3 Å². The molecule has 5 heteroatoms. The van der Waals surface area contributed by atoms with Crippen LogP contribution in [0.25, 0.3) is 23.6 Å². The number of anilines is 2. The highest BCUT2D eigenvalue weighted by Gasteiger charge is 2.03. The van der Waals surface area contributed by atoms with Crippen molar-refractivity contribution in [3.63, 3.8) is 0 Å². The van der Waals surface area contributed by atoms with Crippen molar-refractivity contribution in [2.75, 3.05) is 44.4 Å². The predicted octanol–water partition coefficient (Wildman–Crippen LogP) is 2.48. The summed E-state index contributed by atoms with van der Waals surface area (Å²) in [4.78, 5) is 19.8. The van der Waals surface area contributed by atoms with Gasteiger partial charge in [-0.05, 0) is 63.6 Å². The van der Waals surface area contributed by atoms with E-state index < -0.39 is 0 Å². The second-order valence-electron chi connectivity index (χ2n) is 7.81. The highest BCUT2D eigenvalue weighted by Crippen LogP contribution is 2.17. The Labute approximate surface area is 172 Å². The molecule has 0 bridgehead atoms. The summed E-state index contributed by atoms with van der Waals surface area (Å²) in [6, 6.07) is 14.3.